The average molecular weight is 463 g/mol. The Balaban J connectivity index is 2.02. The van der Waals surface area contributed by atoms with E-state index in [9.17, 15) is 0 Å². The molecule has 0 aliphatic rings. The molecule has 0 heterocycles. The van der Waals surface area contributed by atoms with Crippen molar-refractivity contribution in [3.05, 3.63) is 107 Å². The Kier molecular flexibility index (Phi) is 7.69. The van der Waals surface area contributed by atoms with Crippen molar-refractivity contribution in [3.8, 4) is 0 Å². The van der Waals surface area contributed by atoms with Gasteiger partial charge in [-0.3, -0.25) is 0 Å². The van der Waals surface area contributed by atoms with Crippen molar-refractivity contribution in [3.63, 3.8) is 0 Å². The zero-order chi connectivity index (χ0) is 25.0. The van der Waals surface area contributed by atoms with Gasteiger partial charge in [-0.2, -0.15) is 0 Å². The van der Waals surface area contributed by atoms with Gasteiger partial charge in [-0.1, -0.05) is 84.9 Å². The molecule has 0 amide bonds. The molecule has 0 N–H and O–H groups in total. The van der Waals surface area contributed by atoms with E-state index in [0.29, 0.717) is 0 Å². The topological polar surface area (TPSA) is 36.9 Å². The number of hydrogen-bond acceptors (Lipinski definition) is 4. The van der Waals surface area contributed by atoms with Gasteiger partial charge in [0.05, 0.1) is 11.2 Å². The van der Waals surface area contributed by atoms with Crippen LogP contribution in [0.3, 0.4) is 0 Å². The highest BCUT2D eigenvalue weighted by molar-refractivity contribution is 5.41. The highest BCUT2D eigenvalue weighted by Crippen LogP contribution is 2.39. The average Bonchev–Trinajstić information content (AvgIpc) is 2.81. The summed E-state index contributed by atoms with van der Waals surface area (Å²) >= 11 is 0. The molecule has 0 spiro atoms. The molecular formula is C30H38O4. The van der Waals surface area contributed by atoms with Crippen molar-refractivity contribution in [2.45, 2.75) is 77.8 Å². The Morgan fingerprint density at radius 2 is 0.618 bits per heavy atom. The van der Waals surface area contributed by atoms with E-state index >= 15 is 0 Å². The minimum atomic E-state index is -0.793. The molecule has 0 saturated carbocycles. The summed E-state index contributed by atoms with van der Waals surface area (Å²) in [6.07, 6.45) is 0. The first-order valence-corrected chi connectivity index (χ1v) is 11.8. The van der Waals surface area contributed by atoms with Gasteiger partial charge in [-0.15, -0.1) is 0 Å². The van der Waals surface area contributed by atoms with Gasteiger partial charge in [0.15, 0.2) is 11.2 Å². The lowest BCUT2D eigenvalue weighted by Gasteiger charge is -2.34. The predicted molar refractivity (Wildman–Crippen MR) is 136 cm³/mol. The fraction of sp³-hybridized carbons (Fsp3) is 0.400. The maximum Gasteiger partial charge on any atom is 0.151 e. The molecule has 182 valence electrons. The van der Waals surface area contributed by atoms with Crippen LogP contribution in [0.15, 0.2) is 84.9 Å². The largest absolute Gasteiger partial charge is 0.230 e. The van der Waals surface area contributed by atoms with Gasteiger partial charge in [-0.05, 0) is 77.6 Å². The van der Waals surface area contributed by atoms with Crippen LogP contribution in [-0.4, -0.2) is 11.2 Å². The molecule has 0 bridgehead atoms. The van der Waals surface area contributed by atoms with Crippen LogP contribution in [-0.2, 0) is 30.8 Å². The normalized spacial score (nSPS) is 16.0. The van der Waals surface area contributed by atoms with E-state index in [-0.39, 0.29) is 0 Å². The van der Waals surface area contributed by atoms with Crippen molar-refractivity contribution < 1.29 is 19.6 Å². The van der Waals surface area contributed by atoms with E-state index in [4.69, 9.17) is 19.6 Å². The van der Waals surface area contributed by atoms with Gasteiger partial charge in [0, 0.05) is 0 Å². The molecule has 0 aliphatic heterocycles. The summed E-state index contributed by atoms with van der Waals surface area (Å²) in [6.45, 7) is 15.9. The monoisotopic (exact) mass is 462 g/mol. The van der Waals surface area contributed by atoms with Gasteiger partial charge in [0.2, 0.25) is 0 Å². The molecule has 0 fully saturated rings. The van der Waals surface area contributed by atoms with Crippen molar-refractivity contribution in [1.29, 1.82) is 0 Å². The van der Waals surface area contributed by atoms with Crippen LogP contribution in [0.1, 0.15) is 77.6 Å². The Bertz CT molecular complexity index is 947. The quantitative estimate of drug-likeness (QED) is 0.254. The van der Waals surface area contributed by atoms with Crippen LogP contribution < -0.4 is 0 Å². The van der Waals surface area contributed by atoms with E-state index < -0.39 is 22.4 Å². The van der Waals surface area contributed by atoms with Crippen LogP contribution in [0.25, 0.3) is 0 Å². The highest BCUT2D eigenvalue weighted by atomic mass is 17.2. The molecule has 4 heteroatoms. The second kappa shape index (κ2) is 10.0. The van der Waals surface area contributed by atoms with Crippen molar-refractivity contribution in [2.75, 3.05) is 0 Å². The fourth-order valence-electron chi connectivity index (χ4n) is 3.56. The summed E-state index contributed by atoms with van der Waals surface area (Å²) in [4.78, 5) is 23.8. The fourth-order valence-corrected chi connectivity index (χ4v) is 3.56. The summed E-state index contributed by atoms with van der Waals surface area (Å²) in [5.41, 5.74) is 1.48. The van der Waals surface area contributed by atoms with Gasteiger partial charge >= 0.3 is 0 Å². The molecule has 0 saturated heterocycles. The summed E-state index contributed by atoms with van der Waals surface area (Å²) in [7, 11) is 0. The zero-order valence-electron chi connectivity index (χ0n) is 21.7. The Morgan fingerprint density at radius 1 is 0.353 bits per heavy atom. The van der Waals surface area contributed by atoms with Crippen LogP contribution in [0, 0.1) is 0 Å². The molecular weight excluding hydrogens is 424 g/mol. The Hall–Kier alpha value is -2.50. The van der Waals surface area contributed by atoms with Gasteiger partial charge in [-0.25, -0.2) is 19.6 Å². The van der Waals surface area contributed by atoms with Crippen molar-refractivity contribution >= 4 is 0 Å². The molecule has 2 atom stereocenters. The van der Waals surface area contributed by atoms with Crippen LogP contribution >= 0.6 is 0 Å². The highest BCUT2D eigenvalue weighted by Gasteiger charge is 2.36. The third-order valence-corrected chi connectivity index (χ3v) is 5.55. The van der Waals surface area contributed by atoms with Crippen LogP contribution in [0.2, 0.25) is 0 Å². The molecule has 0 radical (unpaired) electrons. The third-order valence-electron chi connectivity index (χ3n) is 5.55. The molecule has 3 aromatic carbocycles. The van der Waals surface area contributed by atoms with Gasteiger partial charge < -0.3 is 0 Å². The minimum absolute atomic E-state index is 0.444. The van der Waals surface area contributed by atoms with Crippen LogP contribution in [0.5, 0.6) is 0 Å². The molecule has 4 nitrogen and oxygen atoms in total. The molecule has 3 aromatic rings. The number of hydrogen-bond donors (Lipinski definition) is 0. The Morgan fingerprint density at radius 3 is 0.882 bits per heavy atom. The molecule has 3 rings (SSSR count). The van der Waals surface area contributed by atoms with E-state index in [1.54, 1.807) is 0 Å². The summed E-state index contributed by atoms with van der Waals surface area (Å²) in [5, 5.41) is 0. The van der Waals surface area contributed by atoms with E-state index in [2.05, 4.69) is 24.3 Å². The second-order valence-corrected chi connectivity index (χ2v) is 10.9. The van der Waals surface area contributed by atoms with Crippen molar-refractivity contribution in [2.24, 2.45) is 0 Å². The lowest BCUT2D eigenvalue weighted by molar-refractivity contribution is -0.396. The van der Waals surface area contributed by atoms with Crippen LogP contribution in [0.4, 0.5) is 0 Å². The van der Waals surface area contributed by atoms with E-state index in [0.717, 1.165) is 22.3 Å². The number of rotatable bonds is 8. The predicted octanol–water partition coefficient (Wildman–Crippen LogP) is 7.71. The Labute approximate surface area is 204 Å². The summed E-state index contributed by atoms with van der Waals surface area (Å²) in [5.74, 6) is 0. The zero-order valence-corrected chi connectivity index (χ0v) is 21.7. The van der Waals surface area contributed by atoms with E-state index in [1.165, 1.54) is 0 Å². The first-order chi connectivity index (χ1) is 15.8. The lowest BCUT2D eigenvalue weighted by atomic mass is 9.84. The molecule has 0 aromatic heterocycles. The lowest BCUT2D eigenvalue weighted by Crippen LogP contribution is -2.34. The minimum Gasteiger partial charge on any atom is -0.230 e. The molecule has 0 aliphatic carbocycles. The maximum atomic E-state index is 6.11. The van der Waals surface area contributed by atoms with E-state index in [1.807, 2.05) is 116 Å². The third kappa shape index (κ3) is 6.34. The maximum absolute atomic E-state index is 6.11. The van der Waals surface area contributed by atoms with Gasteiger partial charge in [0.1, 0.15) is 0 Å². The first kappa shape index (κ1) is 26.1. The second-order valence-electron chi connectivity index (χ2n) is 10.9. The summed E-state index contributed by atoms with van der Waals surface area (Å²) < 4.78 is 0. The van der Waals surface area contributed by atoms with Crippen molar-refractivity contribution in [1.82, 2.24) is 0 Å². The summed E-state index contributed by atoms with van der Waals surface area (Å²) in [6, 6.07) is 28.5. The smallest absolute Gasteiger partial charge is 0.151 e. The first-order valence-electron chi connectivity index (χ1n) is 11.8. The molecule has 34 heavy (non-hydrogen) atoms. The molecule has 2 unspecified atom stereocenters. The standard InChI is InChI=1S/C30H38O4/c1-27(2,3)31-33-29(7,23-15-11-9-12-16-23)25-19-21-26(22-20-25)30(8,34-32-28(4,5)6)24-17-13-10-14-18-24/h9-22H,1-8H3. The van der Waals surface area contributed by atoms with Gasteiger partial charge in [0.25, 0.3) is 0 Å². The SMILES string of the molecule is CC(C)(C)OOC(C)(c1ccccc1)c1ccc(C(C)(OOC(C)(C)C)c2ccccc2)cc1. The number of benzene rings is 3.